The number of nitrogens with one attached hydrogen (secondary N) is 2. The van der Waals surface area contributed by atoms with Gasteiger partial charge in [0.1, 0.15) is 6.04 Å². The summed E-state index contributed by atoms with van der Waals surface area (Å²) in [4.78, 5) is 39.5. The third kappa shape index (κ3) is 5.22. The number of imidazole rings is 1. The summed E-state index contributed by atoms with van der Waals surface area (Å²) < 4.78 is 9.22. The second kappa shape index (κ2) is 10.6. The number of ether oxygens (including phenoxy) is 1. The molecule has 1 aromatic carbocycles. The number of piperidine rings is 3. The first-order valence-electron chi connectivity index (χ1n) is 13.1. The lowest BCUT2D eigenvalue weighted by Crippen LogP contribution is -2.44. The maximum atomic E-state index is 13.0. The molecule has 3 aliphatic rings. The third-order valence-corrected chi connectivity index (χ3v) is 7.95. The molecule has 3 fully saturated rings. The van der Waals surface area contributed by atoms with Crippen LogP contribution in [0.1, 0.15) is 62.5 Å². The third-order valence-electron chi connectivity index (χ3n) is 7.95. The molecule has 0 spiro atoms. The van der Waals surface area contributed by atoms with Crippen LogP contribution >= 0.6 is 0 Å². The van der Waals surface area contributed by atoms with Crippen LogP contribution in [-0.4, -0.2) is 71.3 Å². The van der Waals surface area contributed by atoms with Crippen LogP contribution in [0.4, 0.5) is 0 Å². The van der Waals surface area contributed by atoms with Gasteiger partial charge in [-0.1, -0.05) is 6.07 Å². The molecular weight excluding hydrogens is 446 g/mol. The molecular formula is C26H37N5O4. The van der Waals surface area contributed by atoms with Crippen LogP contribution in [0.15, 0.2) is 23.0 Å². The zero-order valence-electron chi connectivity index (χ0n) is 20.6. The second-order valence-corrected chi connectivity index (χ2v) is 10.2. The molecule has 0 radical (unpaired) electrons. The van der Waals surface area contributed by atoms with Gasteiger partial charge in [-0.2, -0.15) is 0 Å². The van der Waals surface area contributed by atoms with Crippen molar-refractivity contribution in [3.63, 3.8) is 0 Å². The molecule has 1 unspecified atom stereocenters. The Morgan fingerprint density at radius 1 is 1.00 bits per heavy atom. The Labute approximate surface area is 205 Å². The standard InChI is InChI=1S/C26H37N5O4/c1-29-23-17-19(3-4-21(23)31(26(29)34)22-5-6-24(32)28-25(22)33)18-9-14-30(15-10-18)13-2-16-35-20-7-11-27-12-8-20/h3-4,17-18,20,22,27H,2,5-16H2,1H3,(H,28,32,33). The fourth-order valence-corrected chi connectivity index (χ4v) is 5.85. The van der Waals surface area contributed by atoms with Crippen molar-refractivity contribution in [1.29, 1.82) is 0 Å². The van der Waals surface area contributed by atoms with E-state index < -0.39 is 11.9 Å². The van der Waals surface area contributed by atoms with Gasteiger partial charge in [0.05, 0.1) is 17.1 Å². The fourth-order valence-electron chi connectivity index (χ4n) is 5.85. The van der Waals surface area contributed by atoms with Gasteiger partial charge < -0.3 is 15.0 Å². The molecule has 2 N–H and O–H groups in total. The molecule has 1 atom stereocenters. The molecule has 4 heterocycles. The van der Waals surface area contributed by atoms with E-state index in [9.17, 15) is 14.4 Å². The smallest absolute Gasteiger partial charge is 0.329 e. The van der Waals surface area contributed by atoms with E-state index in [2.05, 4.69) is 27.7 Å². The number of likely N-dealkylation sites (tertiary alicyclic amines) is 1. The highest BCUT2D eigenvalue weighted by Crippen LogP contribution is 2.31. The van der Waals surface area contributed by atoms with Gasteiger partial charge in [0.25, 0.3) is 0 Å². The summed E-state index contributed by atoms with van der Waals surface area (Å²) in [5.74, 6) is -0.202. The van der Waals surface area contributed by atoms with E-state index in [-0.39, 0.29) is 18.0 Å². The monoisotopic (exact) mass is 483 g/mol. The number of fused-ring (bicyclic) bond motifs is 1. The van der Waals surface area contributed by atoms with E-state index in [1.807, 2.05) is 6.07 Å². The highest BCUT2D eigenvalue weighted by Gasteiger charge is 2.31. The van der Waals surface area contributed by atoms with Crippen molar-refractivity contribution in [2.75, 3.05) is 39.3 Å². The molecule has 3 aliphatic heterocycles. The number of hydrogen-bond donors (Lipinski definition) is 2. The van der Waals surface area contributed by atoms with Crippen molar-refractivity contribution < 1.29 is 14.3 Å². The predicted octanol–water partition coefficient (Wildman–Crippen LogP) is 1.66. The van der Waals surface area contributed by atoms with Crippen molar-refractivity contribution in [3.05, 3.63) is 34.2 Å². The number of imide groups is 1. The number of aromatic nitrogens is 2. The summed E-state index contributed by atoms with van der Waals surface area (Å²) in [6, 6.07) is 5.56. The fraction of sp³-hybridized carbons (Fsp3) is 0.654. The van der Waals surface area contributed by atoms with Gasteiger partial charge in [0.15, 0.2) is 0 Å². The SMILES string of the molecule is Cn1c(=O)n(C2CCC(=O)NC2=O)c2ccc(C3CCN(CCCOC4CCNCC4)CC3)cc21. The minimum Gasteiger partial charge on any atom is -0.378 e. The molecule has 1 aromatic heterocycles. The normalized spacial score (nSPS) is 23.2. The van der Waals surface area contributed by atoms with Gasteiger partial charge in [0.2, 0.25) is 11.8 Å². The summed E-state index contributed by atoms with van der Waals surface area (Å²) in [5, 5.41) is 5.74. The molecule has 35 heavy (non-hydrogen) atoms. The molecule has 2 amide bonds. The summed E-state index contributed by atoms with van der Waals surface area (Å²) >= 11 is 0. The van der Waals surface area contributed by atoms with E-state index in [4.69, 9.17) is 4.74 Å². The van der Waals surface area contributed by atoms with E-state index in [1.54, 1.807) is 16.2 Å². The van der Waals surface area contributed by atoms with Gasteiger partial charge in [0, 0.05) is 26.6 Å². The number of rotatable bonds is 7. The minimum atomic E-state index is -0.642. The Morgan fingerprint density at radius 2 is 1.77 bits per heavy atom. The number of aryl methyl sites for hydroxylation is 1. The second-order valence-electron chi connectivity index (χ2n) is 10.2. The van der Waals surface area contributed by atoms with Crippen LogP contribution in [0.25, 0.3) is 11.0 Å². The van der Waals surface area contributed by atoms with Crippen molar-refractivity contribution in [2.45, 2.75) is 63.0 Å². The number of carbonyl (C=O) groups is 2. The maximum absolute atomic E-state index is 13.0. The first-order valence-corrected chi connectivity index (χ1v) is 13.1. The predicted molar refractivity (Wildman–Crippen MR) is 133 cm³/mol. The molecule has 2 aromatic rings. The number of benzene rings is 1. The molecule has 0 saturated carbocycles. The number of amides is 2. The van der Waals surface area contributed by atoms with Crippen LogP contribution in [0, 0.1) is 0 Å². The Hall–Kier alpha value is -2.49. The van der Waals surface area contributed by atoms with Crippen LogP contribution in [0.5, 0.6) is 0 Å². The molecule has 0 bridgehead atoms. The van der Waals surface area contributed by atoms with E-state index in [1.165, 1.54) is 5.56 Å². The van der Waals surface area contributed by atoms with Crippen molar-refractivity contribution >= 4 is 22.8 Å². The summed E-state index contributed by atoms with van der Waals surface area (Å²) in [6.07, 6.45) is 6.56. The first-order chi connectivity index (χ1) is 17.0. The highest BCUT2D eigenvalue weighted by molar-refractivity contribution is 6.00. The van der Waals surface area contributed by atoms with Crippen molar-refractivity contribution in [2.24, 2.45) is 7.05 Å². The molecule has 190 valence electrons. The van der Waals surface area contributed by atoms with Gasteiger partial charge in [-0.25, -0.2) is 4.79 Å². The largest absolute Gasteiger partial charge is 0.378 e. The van der Waals surface area contributed by atoms with E-state index in [0.717, 1.165) is 82.5 Å². The molecule has 9 heteroatoms. The van der Waals surface area contributed by atoms with Gasteiger partial charge in [-0.3, -0.25) is 24.0 Å². The Kier molecular flexibility index (Phi) is 7.36. The number of nitrogens with zero attached hydrogens (tertiary/aromatic N) is 3. The topological polar surface area (TPSA) is 97.6 Å². The van der Waals surface area contributed by atoms with Gasteiger partial charge in [-0.05, 0) is 88.3 Å². The Balaban J connectivity index is 1.19. The van der Waals surface area contributed by atoms with E-state index in [0.29, 0.717) is 18.4 Å². The average molecular weight is 484 g/mol. The van der Waals surface area contributed by atoms with Crippen molar-refractivity contribution in [1.82, 2.24) is 24.7 Å². The van der Waals surface area contributed by atoms with Gasteiger partial charge >= 0.3 is 5.69 Å². The number of hydrogen-bond acceptors (Lipinski definition) is 6. The number of carbonyl (C=O) groups excluding carboxylic acids is 2. The van der Waals surface area contributed by atoms with Crippen LogP contribution in [-0.2, 0) is 21.4 Å². The molecule has 9 nitrogen and oxygen atoms in total. The maximum Gasteiger partial charge on any atom is 0.329 e. The summed E-state index contributed by atoms with van der Waals surface area (Å²) in [5.41, 5.74) is 2.63. The van der Waals surface area contributed by atoms with Gasteiger partial charge in [-0.15, -0.1) is 0 Å². The lowest BCUT2D eigenvalue weighted by molar-refractivity contribution is -0.135. The summed E-state index contributed by atoms with van der Waals surface area (Å²) in [6.45, 7) is 6.22. The van der Waals surface area contributed by atoms with Crippen LogP contribution < -0.4 is 16.3 Å². The minimum absolute atomic E-state index is 0.215. The summed E-state index contributed by atoms with van der Waals surface area (Å²) in [7, 11) is 1.76. The molecule has 5 rings (SSSR count). The van der Waals surface area contributed by atoms with Crippen molar-refractivity contribution in [3.8, 4) is 0 Å². The van der Waals surface area contributed by atoms with Crippen LogP contribution in [0.2, 0.25) is 0 Å². The van der Waals surface area contributed by atoms with E-state index >= 15 is 0 Å². The first kappa shape index (κ1) is 24.2. The Morgan fingerprint density at radius 3 is 2.51 bits per heavy atom. The lowest BCUT2D eigenvalue weighted by atomic mass is 9.89. The Bertz CT molecular complexity index is 1120. The highest BCUT2D eigenvalue weighted by atomic mass is 16.5. The zero-order valence-corrected chi connectivity index (χ0v) is 20.6. The molecule has 3 saturated heterocycles. The quantitative estimate of drug-likeness (QED) is 0.459. The zero-order chi connectivity index (χ0) is 24.4. The van der Waals surface area contributed by atoms with Crippen LogP contribution in [0.3, 0.4) is 0 Å². The molecule has 0 aliphatic carbocycles. The lowest BCUT2D eigenvalue weighted by Gasteiger charge is -2.32. The average Bonchev–Trinajstić information content (AvgIpc) is 3.12.